The molecule has 0 aliphatic carbocycles. The molecule has 3 heteroatoms. The minimum absolute atomic E-state index is 0.0663. The second-order valence-electron chi connectivity index (χ2n) is 5.52. The summed E-state index contributed by atoms with van der Waals surface area (Å²) in [5.74, 6) is 1.60. The summed E-state index contributed by atoms with van der Waals surface area (Å²) >= 11 is 0. The summed E-state index contributed by atoms with van der Waals surface area (Å²) in [7, 11) is 1.69. The quantitative estimate of drug-likeness (QED) is 0.783. The molecule has 0 bridgehead atoms. The minimum atomic E-state index is 0.0663. The van der Waals surface area contributed by atoms with Crippen molar-refractivity contribution < 1.29 is 9.47 Å². The third kappa shape index (κ3) is 6.08. The number of nitrogens with one attached hydrogen (secondary N) is 1. The van der Waals surface area contributed by atoms with Gasteiger partial charge in [0.15, 0.2) is 0 Å². The van der Waals surface area contributed by atoms with E-state index in [-0.39, 0.29) is 6.10 Å². The number of benzene rings is 1. The van der Waals surface area contributed by atoms with E-state index in [1.165, 1.54) is 11.1 Å². The Labute approximate surface area is 117 Å². The summed E-state index contributed by atoms with van der Waals surface area (Å²) in [4.78, 5) is 0. The van der Waals surface area contributed by atoms with Crippen LogP contribution in [0, 0.1) is 12.8 Å². The Morgan fingerprint density at radius 1 is 1.21 bits per heavy atom. The molecule has 1 N–H and O–H groups in total. The van der Waals surface area contributed by atoms with Crippen LogP contribution >= 0.6 is 0 Å². The molecule has 0 aliphatic heterocycles. The van der Waals surface area contributed by atoms with Crippen LogP contribution in [0.3, 0.4) is 0 Å². The first kappa shape index (κ1) is 16.0. The SMILES string of the molecule is COCC(C)Oc1ccc(C)cc1CNCC(C)C. The lowest BCUT2D eigenvalue weighted by molar-refractivity contribution is 0.0913. The highest BCUT2D eigenvalue weighted by Gasteiger charge is 2.08. The molecule has 0 heterocycles. The molecule has 0 spiro atoms. The number of methoxy groups -OCH3 is 1. The molecule has 1 aromatic rings. The molecule has 108 valence electrons. The fourth-order valence-electron chi connectivity index (χ4n) is 1.94. The molecule has 0 amide bonds. The molecular formula is C16H27NO2. The van der Waals surface area contributed by atoms with Gasteiger partial charge in [0.25, 0.3) is 0 Å². The molecule has 1 unspecified atom stereocenters. The third-order valence-electron chi connectivity index (χ3n) is 2.81. The molecule has 0 aromatic heterocycles. The molecular weight excluding hydrogens is 238 g/mol. The van der Waals surface area contributed by atoms with Gasteiger partial charge in [-0.25, -0.2) is 0 Å². The lowest BCUT2D eigenvalue weighted by Gasteiger charge is -2.18. The van der Waals surface area contributed by atoms with Crippen LogP contribution in [0.1, 0.15) is 31.9 Å². The van der Waals surface area contributed by atoms with Gasteiger partial charge in [-0.05, 0) is 32.4 Å². The maximum atomic E-state index is 5.93. The fourth-order valence-corrected chi connectivity index (χ4v) is 1.94. The van der Waals surface area contributed by atoms with Crippen molar-refractivity contribution in [2.45, 2.75) is 40.3 Å². The van der Waals surface area contributed by atoms with Crippen molar-refractivity contribution in [3.63, 3.8) is 0 Å². The van der Waals surface area contributed by atoms with Gasteiger partial charge >= 0.3 is 0 Å². The highest BCUT2D eigenvalue weighted by molar-refractivity contribution is 5.37. The van der Waals surface area contributed by atoms with Crippen molar-refractivity contribution in [2.24, 2.45) is 5.92 Å². The highest BCUT2D eigenvalue weighted by atomic mass is 16.5. The van der Waals surface area contributed by atoms with E-state index in [0.29, 0.717) is 12.5 Å². The first-order valence-electron chi connectivity index (χ1n) is 6.98. The Bertz CT molecular complexity index is 377. The lowest BCUT2D eigenvalue weighted by Crippen LogP contribution is -2.22. The zero-order valence-electron chi connectivity index (χ0n) is 12.8. The molecule has 0 radical (unpaired) electrons. The molecule has 1 aromatic carbocycles. The van der Waals surface area contributed by atoms with E-state index in [4.69, 9.17) is 9.47 Å². The second-order valence-corrected chi connectivity index (χ2v) is 5.52. The van der Waals surface area contributed by atoms with Gasteiger partial charge in [-0.15, -0.1) is 0 Å². The topological polar surface area (TPSA) is 30.5 Å². The van der Waals surface area contributed by atoms with Crippen molar-refractivity contribution >= 4 is 0 Å². The van der Waals surface area contributed by atoms with Crippen molar-refractivity contribution in [3.05, 3.63) is 29.3 Å². The monoisotopic (exact) mass is 265 g/mol. The first-order chi connectivity index (χ1) is 9.02. The Morgan fingerprint density at radius 2 is 1.95 bits per heavy atom. The van der Waals surface area contributed by atoms with Gasteiger partial charge < -0.3 is 14.8 Å². The number of aryl methyl sites for hydroxylation is 1. The maximum Gasteiger partial charge on any atom is 0.124 e. The molecule has 19 heavy (non-hydrogen) atoms. The largest absolute Gasteiger partial charge is 0.488 e. The van der Waals surface area contributed by atoms with Gasteiger partial charge in [-0.1, -0.05) is 31.5 Å². The summed E-state index contributed by atoms with van der Waals surface area (Å²) in [5.41, 5.74) is 2.47. The van der Waals surface area contributed by atoms with Crippen molar-refractivity contribution in [2.75, 3.05) is 20.3 Å². The van der Waals surface area contributed by atoms with Gasteiger partial charge in [0.2, 0.25) is 0 Å². The van der Waals surface area contributed by atoms with Crippen molar-refractivity contribution in [1.82, 2.24) is 5.32 Å². The van der Waals surface area contributed by atoms with E-state index in [1.54, 1.807) is 7.11 Å². The first-order valence-corrected chi connectivity index (χ1v) is 6.98. The van der Waals surface area contributed by atoms with Crippen LogP contribution in [0.5, 0.6) is 5.75 Å². The van der Waals surface area contributed by atoms with E-state index < -0.39 is 0 Å². The zero-order valence-corrected chi connectivity index (χ0v) is 12.8. The Balaban J connectivity index is 2.68. The van der Waals surface area contributed by atoms with Crippen molar-refractivity contribution in [3.8, 4) is 5.75 Å². The lowest BCUT2D eigenvalue weighted by atomic mass is 10.1. The predicted molar refractivity (Wildman–Crippen MR) is 79.7 cm³/mol. The molecule has 3 nitrogen and oxygen atoms in total. The third-order valence-corrected chi connectivity index (χ3v) is 2.81. The Morgan fingerprint density at radius 3 is 2.58 bits per heavy atom. The van der Waals surface area contributed by atoms with Crippen LogP contribution in [-0.2, 0) is 11.3 Å². The van der Waals surface area contributed by atoms with Crippen LogP contribution in [0.4, 0.5) is 0 Å². The van der Waals surface area contributed by atoms with Crippen LogP contribution in [-0.4, -0.2) is 26.4 Å². The number of ether oxygens (including phenoxy) is 2. The normalized spacial score (nSPS) is 12.7. The highest BCUT2D eigenvalue weighted by Crippen LogP contribution is 2.21. The van der Waals surface area contributed by atoms with Gasteiger partial charge in [-0.2, -0.15) is 0 Å². The molecule has 0 aliphatic rings. The van der Waals surface area contributed by atoms with Gasteiger partial charge in [-0.3, -0.25) is 0 Å². The average Bonchev–Trinajstić information content (AvgIpc) is 2.32. The zero-order chi connectivity index (χ0) is 14.3. The van der Waals surface area contributed by atoms with E-state index in [9.17, 15) is 0 Å². The molecule has 1 atom stereocenters. The fraction of sp³-hybridized carbons (Fsp3) is 0.625. The maximum absolute atomic E-state index is 5.93. The summed E-state index contributed by atoms with van der Waals surface area (Å²) in [6, 6.07) is 6.32. The number of hydrogen-bond donors (Lipinski definition) is 1. The van der Waals surface area contributed by atoms with Gasteiger partial charge in [0, 0.05) is 19.2 Å². The van der Waals surface area contributed by atoms with Crippen LogP contribution in [0.25, 0.3) is 0 Å². The molecule has 0 saturated carbocycles. The van der Waals surface area contributed by atoms with E-state index in [0.717, 1.165) is 18.8 Å². The van der Waals surface area contributed by atoms with Gasteiger partial charge in [0.05, 0.1) is 6.61 Å². The summed E-state index contributed by atoms with van der Waals surface area (Å²) < 4.78 is 11.0. The predicted octanol–water partition coefficient (Wildman–Crippen LogP) is 3.15. The molecule has 1 rings (SSSR count). The summed E-state index contributed by atoms with van der Waals surface area (Å²) in [6.07, 6.45) is 0.0663. The van der Waals surface area contributed by atoms with Crippen LogP contribution < -0.4 is 10.1 Å². The smallest absolute Gasteiger partial charge is 0.124 e. The molecule has 0 saturated heterocycles. The Hall–Kier alpha value is -1.06. The summed E-state index contributed by atoms with van der Waals surface area (Å²) in [5, 5.41) is 3.46. The van der Waals surface area contributed by atoms with E-state index >= 15 is 0 Å². The van der Waals surface area contributed by atoms with E-state index in [2.05, 4.69) is 38.2 Å². The second kappa shape index (κ2) is 8.18. The average molecular weight is 265 g/mol. The van der Waals surface area contributed by atoms with Crippen molar-refractivity contribution in [1.29, 1.82) is 0 Å². The van der Waals surface area contributed by atoms with Crippen LogP contribution in [0.2, 0.25) is 0 Å². The number of hydrogen-bond acceptors (Lipinski definition) is 3. The van der Waals surface area contributed by atoms with Crippen LogP contribution in [0.15, 0.2) is 18.2 Å². The number of rotatable bonds is 8. The van der Waals surface area contributed by atoms with E-state index in [1.807, 2.05) is 13.0 Å². The Kier molecular flexibility index (Phi) is 6.89. The summed E-state index contributed by atoms with van der Waals surface area (Å²) in [6.45, 7) is 11.0. The molecule has 0 fully saturated rings. The standard InChI is InChI=1S/C16H27NO2/c1-12(2)9-17-10-15-8-13(3)6-7-16(15)19-14(4)11-18-5/h6-8,12,14,17H,9-11H2,1-5H3. The minimum Gasteiger partial charge on any atom is -0.488 e. The van der Waals surface area contributed by atoms with Gasteiger partial charge in [0.1, 0.15) is 11.9 Å².